The third-order valence-corrected chi connectivity index (χ3v) is 6.26. The predicted molar refractivity (Wildman–Crippen MR) is 79.5 cm³/mol. The lowest BCUT2D eigenvalue weighted by Gasteiger charge is -2.09. The average molecular weight is 311 g/mol. The third kappa shape index (κ3) is 4.23. The Morgan fingerprint density at radius 1 is 1.35 bits per heavy atom. The summed E-state index contributed by atoms with van der Waals surface area (Å²) in [6.07, 6.45) is 2.47. The molecule has 4 nitrogen and oxygen atoms in total. The molecule has 0 N–H and O–H groups in total. The number of nitrogens with zero attached hydrogens (tertiary/aromatic N) is 1. The molecule has 108 valence electrons. The van der Waals surface area contributed by atoms with E-state index in [1.807, 2.05) is 6.07 Å². The van der Waals surface area contributed by atoms with Crippen LogP contribution in [0.4, 0.5) is 0 Å². The van der Waals surface area contributed by atoms with Gasteiger partial charge in [-0.2, -0.15) is 17.0 Å². The van der Waals surface area contributed by atoms with Crippen molar-refractivity contribution in [1.29, 1.82) is 5.26 Å². The van der Waals surface area contributed by atoms with Crippen LogP contribution < -0.4 is 0 Å². The number of ether oxygens (including phenoxy) is 1. The first-order valence-electron chi connectivity index (χ1n) is 6.54. The van der Waals surface area contributed by atoms with Crippen LogP contribution in [0.25, 0.3) is 0 Å². The quantitative estimate of drug-likeness (QED) is 0.754. The summed E-state index contributed by atoms with van der Waals surface area (Å²) in [5.74, 6) is 1.56. The van der Waals surface area contributed by atoms with Gasteiger partial charge in [-0.25, -0.2) is 8.42 Å². The molecule has 1 heterocycles. The lowest BCUT2D eigenvalue weighted by atomic mass is 10.2. The Labute approximate surface area is 124 Å². The van der Waals surface area contributed by atoms with Crippen molar-refractivity contribution in [2.75, 3.05) is 23.9 Å². The van der Waals surface area contributed by atoms with Crippen LogP contribution in [-0.4, -0.2) is 38.4 Å². The average Bonchev–Trinajstić information content (AvgIpc) is 2.97. The first kappa shape index (κ1) is 15.4. The zero-order chi connectivity index (χ0) is 14.4. The molecule has 0 amide bonds. The summed E-state index contributed by atoms with van der Waals surface area (Å²) < 4.78 is 29.7. The minimum absolute atomic E-state index is 0.121. The van der Waals surface area contributed by atoms with E-state index < -0.39 is 9.84 Å². The van der Waals surface area contributed by atoms with Gasteiger partial charge in [0.1, 0.15) is 0 Å². The highest BCUT2D eigenvalue weighted by molar-refractivity contribution is 8.00. The predicted octanol–water partition coefficient (Wildman–Crippen LogP) is 2.24. The Morgan fingerprint density at radius 3 is 2.70 bits per heavy atom. The largest absolute Gasteiger partial charge is 0.377 e. The fourth-order valence-electron chi connectivity index (χ4n) is 2.01. The number of nitriles is 1. The molecule has 0 aliphatic carbocycles. The van der Waals surface area contributed by atoms with Crippen LogP contribution in [0.5, 0.6) is 0 Å². The van der Waals surface area contributed by atoms with E-state index >= 15 is 0 Å². The van der Waals surface area contributed by atoms with E-state index in [1.54, 1.807) is 11.8 Å². The van der Waals surface area contributed by atoms with Crippen LogP contribution in [-0.2, 0) is 14.6 Å². The van der Waals surface area contributed by atoms with Gasteiger partial charge in [0, 0.05) is 18.1 Å². The Balaban J connectivity index is 1.82. The van der Waals surface area contributed by atoms with Crippen LogP contribution in [0.1, 0.15) is 18.4 Å². The molecule has 1 atom stereocenters. The van der Waals surface area contributed by atoms with E-state index in [0.29, 0.717) is 11.3 Å². The van der Waals surface area contributed by atoms with Crippen molar-refractivity contribution in [1.82, 2.24) is 0 Å². The molecule has 20 heavy (non-hydrogen) atoms. The van der Waals surface area contributed by atoms with Gasteiger partial charge in [0.25, 0.3) is 0 Å². The number of rotatable bonds is 6. The second-order valence-electron chi connectivity index (χ2n) is 4.66. The Morgan fingerprint density at radius 2 is 2.10 bits per heavy atom. The van der Waals surface area contributed by atoms with E-state index in [9.17, 15) is 8.42 Å². The van der Waals surface area contributed by atoms with Crippen molar-refractivity contribution in [3.05, 3.63) is 29.8 Å². The van der Waals surface area contributed by atoms with Gasteiger partial charge in [0.2, 0.25) is 0 Å². The number of sulfone groups is 1. The highest BCUT2D eigenvalue weighted by Crippen LogP contribution is 2.18. The standard InChI is InChI=1S/C14H17NO3S2/c15-10-12-3-5-14(6-4-12)20(16,17)9-8-19-11-13-2-1-7-18-13/h3-6,13H,1-2,7-9,11H2. The van der Waals surface area contributed by atoms with Crippen molar-refractivity contribution < 1.29 is 13.2 Å². The number of hydrogen-bond acceptors (Lipinski definition) is 5. The maximum Gasteiger partial charge on any atom is 0.179 e. The van der Waals surface area contributed by atoms with Gasteiger partial charge >= 0.3 is 0 Å². The van der Waals surface area contributed by atoms with Crippen LogP contribution in [0.15, 0.2) is 29.2 Å². The first-order chi connectivity index (χ1) is 9.62. The van der Waals surface area contributed by atoms with Crippen LogP contribution in [0, 0.1) is 11.3 Å². The molecule has 6 heteroatoms. The molecule has 1 aliphatic heterocycles. The fourth-order valence-corrected chi connectivity index (χ4v) is 4.84. The van der Waals surface area contributed by atoms with E-state index in [1.165, 1.54) is 24.3 Å². The highest BCUT2D eigenvalue weighted by Gasteiger charge is 2.17. The molecule has 1 saturated heterocycles. The van der Waals surface area contributed by atoms with Crippen molar-refractivity contribution in [3.63, 3.8) is 0 Å². The molecule has 1 aromatic rings. The molecule has 1 fully saturated rings. The fraction of sp³-hybridized carbons (Fsp3) is 0.500. The zero-order valence-electron chi connectivity index (χ0n) is 11.1. The van der Waals surface area contributed by atoms with Gasteiger partial charge in [-0.3, -0.25) is 0 Å². The van der Waals surface area contributed by atoms with Gasteiger partial charge < -0.3 is 4.74 Å². The molecule has 0 spiro atoms. The number of benzene rings is 1. The summed E-state index contributed by atoms with van der Waals surface area (Å²) in [6.45, 7) is 0.828. The van der Waals surface area contributed by atoms with E-state index in [2.05, 4.69) is 0 Å². The van der Waals surface area contributed by atoms with Crippen molar-refractivity contribution >= 4 is 21.6 Å². The summed E-state index contributed by atoms with van der Waals surface area (Å²) in [4.78, 5) is 0.286. The molecule has 1 aliphatic rings. The van der Waals surface area contributed by atoms with E-state index in [4.69, 9.17) is 10.00 Å². The molecular formula is C14H17NO3S2. The van der Waals surface area contributed by atoms with Crippen molar-refractivity contribution in [2.24, 2.45) is 0 Å². The van der Waals surface area contributed by atoms with Crippen LogP contribution in [0.3, 0.4) is 0 Å². The Bertz CT molecular complexity index is 569. The molecule has 1 aromatic carbocycles. The molecule has 0 radical (unpaired) electrons. The minimum atomic E-state index is -3.25. The van der Waals surface area contributed by atoms with Gasteiger partial charge in [0.05, 0.1) is 28.4 Å². The number of hydrogen-bond donors (Lipinski definition) is 0. The van der Waals surface area contributed by atoms with Gasteiger partial charge in [-0.05, 0) is 37.1 Å². The third-order valence-electron chi connectivity index (χ3n) is 3.17. The monoisotopic (exact) mass is 311 g/mol. The van der Waals surface area contributed by atoms with Gasteiger partial charge in [0.15, 0.2) is 9.84 Å². The summed E-state index contributed by atoms with van der Waals surface area (Å²) in [6, 6.07) is 8.04. The topological polar surface area (TPSA) is 67.2 Å². The number of thioether (sulfide) groups is 1. The van der Waals surface area contributed by atoms with Crippen molar-refractivity contribution in [3.8, 4) is 6.07 Å². The Hall–Kier alpha value is -1.03. The summed E-state index contributed by atoms with van der Waals surface area (Å²) in [5, 5.41) is 8.69. The van der Waals surface area contributed by atoms with Crippen LogP contribution in [0.2, 0.25) is 0 Å². The van der Waals surface area contributed by atoms with E-state index in [0.717, 1.165) is 25.2 Å². The van der Waals surface area contributed by atoms with Gasteiger partial charge in [-0.15, -0.1) is 0 Å². The molecule has 0 saturated carbocycles. The summed E-state index contributed by atoms with van der Waals surface area (Å²) in [7, 11) is -3.25. The SMILES string of the molecule is N#Cc1ccc(S(=O)(=O)CCSCC2CCCO2)cc1. The first-order valence-corrected chi connectivity index (χ1v) is 9.35. The zero-order valence-corrected chi connectivity index (χ0v) is 12.8. The van der Waals surface area contributed by atoms with Crippen molar-refractivity contribution in [2.45, 2.75) is 23.8 Å². The molecule has 1 unspecified atom stereocenters. The van der Waals surface area contributed by atoms with E-state index in [-0.39, 0.29) is 16.8 Å². The Kier molecular flexibility index (Phi) is 5.46. The molecule has 0 aromatic heterocycles. The maximum atomic E-state index is 12.1. The lowest BCUT2D eigenvalue weighted by molar-refractivity contribution is 0.129. The second-order valence-corrected chi connectivity index (χ2v) is 7.92. The minimum Gasteiger partial charge on any atom is -0.377 e. The normalized spacial score (nSPS) is 18.9. The summed E-state index contributed by atoms with van der Waals surface area (Å²) in [5.41, 5.74) is 0.469. The summed E-state index contributed by atoms with van der Waals surface area (Å²) >= 11 is 1.62. The van der Waals surface area contributed by atoms with Crippen LogP contribution >= 0.6 is 11.8 Å². The smallest absolute Gasteiger partial charge is 0.179 e. The second kappa shape index (κ2) is 7.11. The molecule has 2 rings (SSSR count). The van der Waals surface area contributed by atoms with Gasteiger partial charge in [-0.1, -0.05) is 0 Å². The molecular weight excluding hydrogens is 294 g/mol. The lowest BCUT2D eigenvalue weighted by Crippen LogP contribution is -2.12. The highest BCUT2D eigenvalue weighted by atomic mass is 32.2. The maximum absolute atomic E-state index is 12.1. The molecule has 0 bridgehead atoms.